The first kappa shape index (κ1) is 20.9. The zero-order chi connectivity index (χ0) is 22.3. The number of phenols is 2. The number of phenolic OH excluding ortho intramolecular Hbond substituents is 2. The summed E-state index contributed by atoms with van der Waals surface area (Å²) >= 11 is 0. The van der Waals surface area contributed by atoms with Crippen molar-refractivity contribution in [3.05, 3.63) is 59.7 Å². The van der Waals surface area contributed by atoms with Gasteiger partial charge in [-0.25, -0.2) is 0 Å². The normalized spacial score (nSPS) is 27.4. The number of carbonyl (C=O) groups excluding carboxylic acids is 3. The number of ether oxygens (including phenoxy) is 1. The van der Waals surface area contributed by atoms with Crippen LogP contribution in [0.25, 0.3) is 0 Å². The lowest BCUT2D eigenvalue weighted by molar-refractivity contribution is -0.154. The van der Waals surface area contributed by atoms with Crippen molar-refractivity contribution in [1.29, 1.82) is 0 Å². The Hall–Kier alpha value is -3.39. The predicted octanol–water partition coefficient (Wildman–Crippen LogP) is 1.52. The molecule has 0 aliphatic carbocycles. The number of hydrogen-bond donors (Lipinski definition) is 3. The van der Waals surface area contributed by atoms with Crippen LogP contribution in [0.3, 0.4) is 0 Å². The fourth-order valence-electron chi connectivity index (χ4n) is 4.88. The maximum atomic E-state index is 13.3. The maximum absolute atomic E-state index is 13.3. The molecule has 2 aromatic carbocycles. The average molecular weight is 424 g/mol. The van der Waals surface area contributed by atoms with Gasteiger partial charge in [-0.05, 0) is 42.3 Å². The van der Waals surface area contributed by atoms with E-state index < -0.39 is 35.3 Å². The maximum Gasteiger partial charge on any atom is 0.327 e. The molecule has 2 aromatic rings. The smallest absolute Gasteiger partial charge is 0.327 e. The number of hydrogen-bond acceptors (Lipinski definition) is 7. The average Bonchev–Trinajstić information content (AvgIpc) is 3.24. The van der Waals surface area contributed by atoms with Gasteiger partial charge in [-0.2, -0.15) is 0 Å². The molecule has 0 saturated carbocycles. The van der Waals surface area contributed by atoms with Crippen LogP contribution in [0.15, 0.2) is 48.5 Å². The molecule has 4 unspecified atom stereocenters. The molecule has 2 fully saturated rings. The van der Waals surface area contributed by atoms with Crippen molar-refractivity contribution < 1.29 is 29.3 Å². The first-order valence-electron chi connectivity index (χ1n) is 10.1. The van der Waals surface area contributed by atoms with Gasteiger partial charge in [0, 0.05) is 19.0 Å². The minimum absolute atomic E-state index is 0.0747. The molecule has 2 aliphatic rings. The van der Waals surface area contributed by atoms with Gasteiger partial charge in [0.25, 0.3) is 0 Å². The van der Waals surface area contributed by atoms with Gasteiger partial charge >= 0.3 is 5.97 Å². The molecule has 4 rings (SSSR count). The molecular formula is C23H24N2O6. The molecule has 3 N–H and O–H groups in total. The number of nitrogens with zero attached hydrogens (tertiary/aromatic N) is 1. The van der Waals surface area contributed by atoms with Gasteiger partial charge < -0.3 is 14.9 Å². The highest BCUT2D eigenvalue weighted by atomic mass is 16.5. The highest BCUT2D eigenvalue weighted by Gasteiger charge is 2.68. The number of carbonyl (C=O) groups is 3. The SMILES string of the molecule is CCN1C(=O)C2C(c3ccc(O)cc3)NC(Cc3ccc(O)cc3)(C(=O)OC)C2C1=O. The van der Waals surface area contributed by atoms with Crippen LogP contribution >= 0.6 is 0 Å². The number of esters is 1. The summed E-state index contributed by atoms with van der Waals surface area (Å²) < 4.78 is 5.12. The number of benzene rings is 2. The van der Waals surface area contributed by atoms with Crippen LogP contribution in [0.2, 0.25) is 0 Å². The number of imide groups is 1. The number of fused-ring (bicyclic) bond motifs is 1. The van der Waals surface area contributed by atoms with Gasteiger partial charge in [0.2, 0.25) is 11.8 Å². The van der Waals surface area contributed by atoms with Crippen LogP contribution in [-0.2, 0) is 25.5 Å². The minimum atomic E-state index is -1.46. The van der Waals surface area contributed by atoms with Crippen molar-refractivity contribution in [3.8, 4) is 11.5 Å². The van der Waals surface area contributed by atoms with E-state index in [4.69, 9.17) is 4.74 Å². The van der Waals surface area contributed by atoms with Crippen LogP contribution in [-0.4, -0.2) is 52.1 Å². The number of aromatic hydroxyl groups is 2. The van der Waals surface area contributed by atoms with E-state index in [1.807, 2.05) is 0 Å². The van der Waals surface area contributed by atoms with Gasteiger partial charge in [-0.1, -0.05) is 24.3 Å². The molecule has 8 heteroatoms. The molecule has 0 radical (unpaired) electrons. The molecule has 0 bridgehead atoms. The van der Waals surface area contributed by atoms with E-state index in [1.165, 1.54) is 36.3 Å². The van der Waals surface area contributed by atoms with Gasteiger partial charge in [-0.3, -0.25) is 24.6 Å². The summed E-state index contributed by atoms with van der Waals surface area (Å²) in [6, 6.07) is 12.1. The third-order valence-corrected chi connectivity index (χ3v) is 6.28. The zero-order valence-corrected chi connectivity index (χ0v) is 17.2. The number of nitrogens with one attached hydrogen (secondary N) is 1. The Morgan fingerprint density at radius 3 is 2.16 bits per heavy atom. The Bertz CT molecular complexity index is 1020. The largest absolute Gasteiger partial charge is 0.508 e. The lowest BCUT2D eigenvalue weighted by Crippen LogP contribution is -2.57. The molecule has 8 nitrogen and oxygen atoms in total. The highest BCUT2D eigenvalue weighted by Crippen LogP contribution is 2.50. The van der Waals surface area contributed by atoms with Crippen LogP contribution in [0.4, 0.5) is 0 Å². The van der Waals surface area contributed by atoms with E-state index in [9.17, 15) is 24.6 Å². The second-order valence-corrected chi connectivity index (χ2v) is 7.94. The first-order valence-corrected chi connectivity index (χ1v) is 10.1. The Balaban J connectivity index is 1.85. The second-order valence-electron chi connectivity index (χ2n) is 7.94. The Labute approximate surface area is 179 Å². The molecule has 2 saturated heterocycles. The number of amides is 2. The predicted molar refractivity (Wildman–Crippen MR) is 110 cm³/mol. The summed E-state index contributed by atoms with van der Waals surface area (Å²) in [5.74, 6) is -2.94. The Morgan fingerprint density at radius 2 is 1.61 bits per heavy atom. The van der Waals surface area contributed by atoms with Crippen LogP contribution in [0.5, 0.6) is 11.5 Å². The highest BCUT2D eigenvalue weighted by molar-refractivity contribution is 6.09. The van der Waals surface area contributed by atoms with E-state index in [1.54, 1.807) is 31.2 Å². The first-order chi connectivity index (χ1) is 14.8. The van der Waals surface area contributed by atoms with E-state index in [2.05, 4.69) is 5.32 Å². The Kier molecular flexibility index (Phi) is 5.18. The molecule has 2 amide bonds. The third-order valence-electron chi connectivity index (χ3n) is 6.28. The summed E-state index contributed by atoms with van der Waals surface area (Å²) in [6.07, 6.45) is 0.103. The number of rotatable bonds is 5. The van der Waals surface area contributed by atoms with Crippen LogP contribution < -0.4 is 5.32 Å². The van der Waals surface area contributed by atoms with Gasteiger partial charge in [0.15, 0.2) is 0 Å². The summed E-state index contributed by atoms with van der Waals surface area (Å²) in [6.45, 7) is 1.93. The fraction of sp³-hybridized carbons (Fsp3) is 0.348. The number of methoxy groups -OCH3 is 1. The van der Waals surface area contributed by atoms with E-state index in [-0.39, 0.29) is 30.4 Å². The Morgan fingerprint density at radius 1 is 1.03 bits per heavy atom. The van der Waals surface area contributed by atoms with E-state index in [0.717, 1.165) is 0 Å². The lowest BCUT2D eigenvalue weighted by Gasteiger charge is -2.32. The van der Waals surface area contributed by atoms with Crippen LogP contribution in [0, 0.1) is 11.8 Å². The summed E-state index contributed by atoms with van der Waals surface area (Å²) in [5, 5.41) is 22.5. The van der Waals surface area contributed by atoms with Crippen LogP contribution in [0.1, 0.15) is 24.1 Å². The lowest BCUT2D eigenvalue weighted by atomic mass is 9.76. The molecule has 2 aliphatic heterocycles. The molecule has 0 aromatic heterocycles. The summed E-state index contributed by atoms with van der Waals surface area (Å²) in [7, 11) is 1.25. The topological polar surface area (TPSA) is 116 Å². The molecule has 31 heavy (non-hydrogen) atoms. The zero-order valence-electron chi connectivity index (χ0n) is 17.2. The molecule has 162 valence electrons. The molecule has 0 spiro atoms. The number of likely N-dealkylation sites (tertiary alicyclic amines) is 1. The van der Waals surface area contributed by atoms with Gasteiger partial charge in [0.05, 0.1) is 18.9 Å². The summed E-state index contributed by atoms with van der Waals surface area (Å²) in [4.78, 5) is 40.9. The monoisotopic (exact) mass is 424 g/mol. The van der Waals surface area contributed by atoms with Crippen molar-refractivity contribution in [2.75, 3.05) is 13.7 Å². The standard InChI is InChI=1S/C23H24N2O6/c1-3-25-20(28)17-18(21(25)29)23(22(30)31-2,12-13-4-8-15(26)9-5-13)24-19(17)14-6-10-16(27)11-7-14/h4-11,17-19,24,26-27H,3,12H2,1-2H3. The van der Waals surface area contributed by atoms with Crippen molar-refractivity contribution in [1.82, 2.24) is 10.2 Å². The molecular weight excluding hydrogens is 400 g/mol. The molecule has 4 atom stereocenters. The van der Waals surface area contributed by atoms with Gasteiger partial charge in [0.1, 0.15) is 17.0 Å². The fourth-order valence-corrected chi connectivity index (χ4v) is 4.88. The quantitative estimate of drug-likeness (QED) is 0.492. The van der Waals surface area contributed by atoms with Gasteiger partial charge in [-0.15, -0.1) is 0 Å². The second kappa shape index (κ2) is 7.70. The van der Waals surface area contributed by atoms with Crippen molar-refractivity contribution in [3.63, 3.8) is 0 Å². The minimum Gasteiger partial charge on any atom is -0.508 e. The van der Waals surface area contributed by atoms with Crippen molar-refractivity contribution in [2.45, 2.75) is 24.9 Å². The van der Waals surface area contributed by atoms with E-state index >= 15 is 0 Å². The summed E-state index contributed by atoms with van der Waals surface area (Å²) in [5.41, 5.74) is -0.0744. The molecule has 2 heterocycles. The third kappa shape index (κ3) is 3.23. The van der Waals surface area contributed by atoms with Crippen molar-refractivity contribution >= 4 is 17.8 Å². The van der Waals surface area contributed by atoms with E-state index in [0.29, 0.717) is 11.1 Å². The van der Waals surface area contributed by atoms with Crippen molar-refractivity contribution in [2.24, 2.45) is 11.8 Å².